The van der Waals surface area contributed by atoms with Crippen LogP contribution in [0.15, 0.2) is 18.2 Å². The predicted octanol–water partition coefficient (Wildman–Crippen LogP) is 2.27. The molecule has 3 amide bonds. The summed E-state index contributed by atoms with van der Waals surface area (Å²) in [5, 5.41) is 5.32. The number of amides is 3. The molecule has 0 aromatic heterocycles. The van der Waals surface area contributed by atoms with E-state index in [1.807, 2.05) is 4.90 Å². The van der Waals surface area contributed by atoms with Gasteiger partial charge in [0.05, 0.1) is 0 Å². The largest absolute Gasteiger partial charge is 0.343 e. The summed E-state index contributed by atoms with van der Waals surface area (Å²) >= 11 is 0. The lowest BCUT2D eigenvalue weighted by molar-refractivity contribution is -0.127. The number of aryl methyl sites for hydroxylation is 1. The fourth-order valence-electron chi connectivity index (χ4n) is 2.31. The van der Waals surface area contributed by atoms with Gasteiger partial charge >= 0.3 is 6.03 Å². The van der Waals surface area contributed by atoms with E-state index in [9.17, 15) is 14.0 Å². The van der Waals surface area contributed by atoms with Crippen molar-refractivity contribution in [3.8, 4) is 0 Å². The topological polar surface area (TPSA) is 61.4 Å². The van der Waals surface area contributed by atoms with Gasteiger partial charge in [-0.2, -0.15) is 0 Å². The lowest BCUT2D eigenvalue weighted by Crippen LogP contribution is -2.33. The van der Waals surface area contributed by atoms with Crippen molar-refractivity contribution >= 4 is 17.6 Å². The van der Waals surface area contributed by atoms with Crippen LogP contribution in [0.5, 0.6) is 0 Å². The minimum atomic E-state index is -0.386. The minimum absolute atomic E-state index is 0.190. The molecule has 0 saturated carbocycles. The van der Waals surface area contributed by atoms with Crippen molar-refractivity contribution in [2.24, 2.45) is 0 Å². The predicted molar refractivity (Wildman–Crippen MR) is 78.6 cm³/mol. The summed E-state index contributed by atoms with van der Waals surface area (Å²) in [4.78, 5) is 24.9. The third-order valence-corrected chi connectivity index (χ3v) is 3.51. The van der Waals surface area contributed by atoms with Crippen molar-refractivity contribution in [3.63, 3.8) is 0 Å². The van der Waals surface area contributed by atoms with Gasteiger partial charge in [-0.1, -0.05) is 6.07 Å². The zero-order chi connectivity index (χ0) is 15.2. The Labute approximate surface area is 123 Å². The molecule has 1 heterocycles. The summed E-state index contributed by atoms with van der Waals surface area (Å²) in [7, 11) is 0. The number of hydrogen-bond donors (Lipinski definition) is 2. The second kappa shape index (κ2) is 7.06. The molecule has 0 atom stereocenters. The molecule has 2 rings (SSSR count). The van der Waals surface area contributed by atoms with Gasteiger partial charge in [-0.15, -0.1) is 0 Å². The molecule has 5 nitrogen and oxygen atoms in total. The molecule has 1 aromatic rings. The maximum absolute atomic E-state index is 13.1. The Morgan fingerprint density at radius 3 is 2.95 bits per heavy atom. The highest BCUT2D eigenvalue weighted by Crippen LogP contribution is 2.15. The highest BCUT2D eigenvalue weighted by atomic mass is 19.1. The van der Waals surface area contributed by atoms with Gasteiger partial charge in [0.25, 0.3) is 0 Å². The van der Waals surface area contributed by atoms with Gasteiger partial charge in [0.2, 0.25) is 5.91 Å². The van der Waals surface area contributed by atoms with Crippen LogP contribution < -0.4 is 10.6 Å². The number of carbonyl (C=O) groups excluding carboxylic acids is 2. The molecule has 1 aliphatic heterocycles. The maximum atomic E-state index is 13.1. The molecule has 1 aromatic carbocycles. The Bertz CT molecular complexity index is 534. The molecular weight excluding hydrogens is 273 g/mol. The quantitative estimate of drug-likeness (QED) is 0.818. The Balaban J connectivity index is 1.70. The first-order valence-electron chi connectivity index (χ1n) is 7.15. The van der Waals surface area contributed by atoms with Crippen molar-refractivity contribution in [3.05, 3.63) is 29.6 Å². The van der Waals surface area contributed by atoms with Crippen LogP contribution in [0.1, 0.15) is 24.8 Å². The molecule has 0 unspecified atom stereocenters. The molecule has 2 N–H and O–H groups in total. The number of hydrogen-bond acceptors (Lipinski definition) is 2. The SMILES string of the molecule is Cc1ccc(F)cc1NC(=O)NCCCN1CCCC1=O. The van der Waals surface area contributed by atoms with E-state index in [1.54, 1.807) is 13.0 Å². The van der Waals surface area contributed by atoms with Gasteiger partial charge in [0, 0.05) is 31.7 Å². The van der Waals surface area contributed by atoms with Gasteiger partial charge < -0.3 is 15.5 Å². The van der Waals surface area contributed by atoms with Crippen molar-refractivity contribution in [1.29, 1.82) is 0 Å². The van der Waals surface area contributed by atoms with Crippen LogP contribution in [-0.2, 0) is 4.79 Å². The molecule has 21 heavy (non-hydrogen) atoms. The van der Waals surface area contributed by atoms with Gasteiger partial charge in [-0.05, 0) is 37.5 Å². The summed E-state index contributed by atoms with van der Waals surface area (Å²) in [6.45, 7) is 3.75. The smallest absolute Gasteiger partial charge is 0.319 e. The van der Waals surface area contributed by atoms with Crippen LogP contribution in [0, 0.1) is 12.7 Å². The Morgan fingerprint density at radius 2 is 2.24 bits per heavy atom. The summed E-state index contributed by atoms with van der Waals surface area (Å²) in [6.07, 6.45) is 2.26. The van der Waals surface area contributed by atoms with Crippen molar-refractivity contribution < 1.29 is 14.0 Å². The lowest BCUT2D eigenvalue weighted by Gasteiger charge is -2.15. The van der Waals surface area contributed by atoms with Crippen LogP contribution in [-0.4, -0.2) is 36.5 Å². The molecule has 0 radical (unpaired) electrons. The van der Waals surface area contributed by atoms with E-state index >= 15 is 0 Å². The molecule has 1 saturated heterocycles. The van der Waals surface area contributed by atoms with E-state index in [4.69, 9.17) is 0 Å². The zero-order valence-corrected chi connectivity index (χ0v) is 12.1. The van der Waals surface area contributed by atoms with Gasteiger partial charge in [0.15, 0.2) is 0 Å². The molecule has 6 heteroatoms. The molecule has 1 fully saturated rings. The number of anilines is 1. The Hall–Kier alpha value is -2.11. The van der Waals surface area contributed by atoms with Gasteiger partial charge in [-0.3, -0.25) is 4.79 Å². The maximum Gasteiger partial charge on any atom is 0.319 e. The van der Waals surface area contributed by atoms with E-state index in [-0.39, 0.29) is 17.8 Å². The van der Waals surface area contributed by atoms with Crippen LogP contribution in [0.25, 0.3) is 0 Å². The number of nitrogens with zero attached hydrogens (tertiary/aromatic N) is 1. The molecule has 0 aliphatic carbocycles. The lowest BCUT2D eigenvalue weighted by atomic mass is 10.2. The first kappa shape index (κ1) is 15.3. The minimum Gasteiger partial charge on any atom is -0.343 e. The summed E-state index contributed by atoms with van der Waals surface area (Å²) < 4.78 is 13.1. The van der Waals surface area contributed by atoms with Crippen molar-refractivity contribution in [2.45, 2.75) is 26.2 Å². The number of rotatable bonds is 5. The van der Waals surface area contributed by atoms with Crippen molar-refractivity contribution in [1.82, 2.24) is 10.2 Å². The van der Waals surface area contributed by atoms with Gasteiger partial charge in [-0.25, -0.2) is 9.18 Å². The molecular formula is C15H20FN3O2. The average molecular weight is 293 g/mol. The number of halogens is 1. The average Bonchev–Trinajstić information content (AvgIpc) is 2.84. The number of benzene rings is 1. The highest BCUT2D eigenvalue weighted by molar-refractivity contribution is 5.90. The fraction of sp³-hybridized carbons (Fsp3) is 0.467. The summed E-state index contributed by atoms with van der Waals surface area (Å²) in [6, 6.07) is 3.89. The molecule has 0 bridgehead atoms. The fourth-order valence-corrected chi connectivity index (χ4v) is 2.31. The van der Waals surface area contributed by atoms with E-state index < -0.39 is 0 Å². The van der Waals surface area contributed by atoms with E-state index in [0.29, 0.717) is 31.6 Å². The highest BCUT2D eigenvalue weighted by Gasteiger charge is 2.19. The van der Waals surface area contributed by atoms with Crippen LogP contribution in [0.3, 0.4) is 0 Å². The number of urea groups is 1. The zero-order valence-electron chi connectivity index (χ0n) is 12.1. The normalized spacial score (nSPS) is 14.4. The van der Waals surface area contributed by atoms with Crippen LogP contribution in [0.2, 0.25) is 0 Å². The van der Waals surface area contributed by atoms with E-state index in [1.165, 1.54) is 12.1 Å². The van der Waals surface area contributed by atoms with Crippen LogP contribution in [0.4, 0.5) is 14.9 Å². The Morgan fingerprint density at radius 1 is 1.43 bits per heavy atom. The van der Waals surface area contributed by atoms with Gasteiger partial charge in [0.1, 0.15) is 5.82 Å². The third kappa shape index (κ3) is 4.44. The van der Waals surface area contributed by atoms with Crippen molar-refractivity contribution in [2.75, 3.05) is 25.0 Å². The third-order valence-electron chi connectivity index (χ3n) is 3.51. The second-order valence-electron chi connectivity index (χ2n) is 5.18. The number of likely N-dealkylation sites (tertiary alicyclic amines) is 1. The molecule has 1 aliphatic rings. The monoisotopic (exact) mass is 293 g/mol. The standard InChI is InChI=1S/C15H20FN3O2/c1-11-5-6-12(16)10-13(11)18-15(21)17-7-3-9-19-8-2-4-14(19)20/h5-6,10H,2-4,7-9H2,1H3,(H2,17,18,21). The first-order valence-corrected chi connectivity index (χ1v) is 7.15. The molecule has 0 spiro atoms. The van der Waals surface area contributed by atoms with E-state index in [2.05, 4.69) is 10.6 Å². The first-order chi connectivity index (χ1) is 10.1. The number of carbonyl (C=O) groups is 2. The Kier molecular flexibility index (Phi) is 5.14. The van der Waals surface area contributed by atoms with E-state index in [0.717, 1.165) is 18.5 Å². The number of nitrogens with one attached hydrogen (secondary N) is 2. The molecule has 114 valence electrons. The summed E-state index contributed by atoms with van der Waals surface area (Å²) in [5.74, 6) is -0.196. The summed E-state index contributed by atoms with van der Waals surface area (Å²) in [5.41, 5.74) is 1.26. The second-order valence-corrected chi connectivity index (χ2v) is 5.18. The van der Waals surface area contributed by atoms with Crippen LogP contribution >= 0.6 is 0 Å².